The molecule has 2 aliphatic heterocycles. The van der Waals surface area contributed by atoms with Crippen LogP contribution >= 0.6 is 11.6 Å². The van der Waals surface area contributed by atoms with Gasteiger partial charge in [-0.15, -0.1) is 0 Å². The van der Waals surface area contributed by atoms with Crippen LogP contribution in [0.3, 0.4) is 0 Å². The first-order chi connectivity index (χ1) is 18.5. The second kappa shape index (κ2) is 10.2. The zero-order chi connectivity index (χ0) is 27.9. The second-order valence-electron chi connectivity index (χ2n) is 9.54. The first kappa shape index (κ1) is 26.4. The molecular weight excluding hydrogens is 533 g/mol. The molecule has 39 heavy (non-hydrogen) atoms. The lowest BCUT2D eigenvalue weighted by molar-refractivity contribution is -0.149. The van der Waals surface area contributed by atoms with Crippen LogP contribution in [0.2, 0.25) is 5.02 Å². The Morgan fingerprint density at radius 1 is 1.03 bits per heavy atom. The molecule has 0 aliphatic carbocycles. The van der Waals surface area contributed by atoms with E-state index in [1.807, 2.05) is 0 Å². The van der Waals surface area contributed by atoms with Gasteiger partial charge in [-0.2, -0.15) is 0 Å². The van der Waals surface area contributed by atoms with Crippen LogP contribution in [0, 0.1) is 5.82 Å². The van der Waals surface area contributed by atoms with Gasteiger partial charge in [-0.25, -0.2) is 9.18 Å². The van der Waals surface area contributed by atoms with Gasteiger partial charge in [-0.1, -0.05) is 11.6 Å². The minimum Gasteiger partial charge on any atom is -0.465 e. The lowest BCUT2D eigenvalue weighted by Crippen LogP contribution is -2.52. The first-order valence-corrected chi connectivity index (χ1v) is 12.6. The highest BCUT2D eigenvalue weighted by atomic mass is 35.5. The Morgan fingerprint density at radius 2 is 1.74 bits per heavy atom. The Bertz CT molecular complexity index is 1470. The second-order valence-corrected chi connectivity index (χ2v) is 9.98. The van der Waals surface area contributed by atoms with Crippen molar-refractivity contribution in [1.29, 1.82) is 0 Å². The molecule has 1 aromatic heterocycles. The average molecular weight is 558 g/mol. The molecule has 11 nitrogen and oxygen atoms in total. The molecule has 2 aromatic carbocycles. The Kier molecular flexibility index (Phi) is 6.91. The molecule has 0 saturated carbocycles. The van der Waals surface area contributed by atoms with Crippen LogP contribution < -0.4 is 10.2 Å². The maximum absolute atomic E-state index is 13.6. The van der Waals surface area contributed by atoms with E-state index in [1.165, 1.54) is 21.9 Å². The lowest BCUT2D eigenvalue weighted by Gasteiger charge is -2.32. The number of nitrogens with zero attached hydrogens (tertiary/aromatic N) is 3. The highest BCUT2D eigenvalue weighted by molar-refractivity contribution is 6.30. The van der Waals surface area contributed by atoms with Gasteiger partial charge in [0.2, 0.25) is 5.60 Å². The van der Waals surface area contributed by atoms with Crippen molar-refractivity contribution in [3.8, 4) is 0 Å². The quantitative estimate of drug-likeness (QED) is 0.354. The summed E-state index contributed by atoms with van der Waals surface area (Å²) in [6.07, 6.45) is -1.16. The number of carbonyl (C=O) groups excluding carboxylic acids is 3. The summed E-state index contributed by atoms with van der Waals surface area (Å²) < 4.78 is 13.6. The van der Waals surface area contributed by atoms with Crippen molar-refractivity contribution in [2.75, 3.05) is 37.6 Å². The fourth-order valence-electron chi connectivity index (χ4n) is 4.88. The van der Waals surface area contributed by atoms with Gasteiger partial charge in [0, 0.05) is 67.3 Å². The number of piperazine rings is 1. The SMILES string of the molecule is O=C(O)N1CCN(C(=O)c2cc3cc(N4CCC(O)(C(=O)NCc5cc(F)cc(Cl)c5)C4=O)ccc3[nH]2)CC1. The molecule has 3 aromatic rings. The van der Waals surface area contributed by atoms with Crippen LogP contribution in [0.15, 0.2) is 42.5 Å². The summed E-state index contributed by atoms with van der Waals surface area (Å²) in [5, 5.41) is 23.3. The van der Waals surface area contributed by atoms with Crippen molar-refractivity contribution >= 4 is 52.0 Å². The van der Waals surface area contributed by atoms with E-state index in [1.54, 1.807) is 29.2 Å². The third-order valence-electron chi connectivity index (χ3n) is 7.03. The number of H-pyrrole nitrogens is 1. The fourth-order valence-corrected chi connectivity index (χ4v) is 5.12. The van der Waals surface area contributed by atoms with Crippen LogP contribution in [-0.4, -0.2) is 87.1 Å². The van der Waals surface area contributed by atoms with Gasteiger partial charge >= 0.3 is 6.09 Å². The van der Waals surface area contributed by atoms with Gasteiger partial charge in [-0.3, -0.25) is 14.4 Å². The molecule has 1 atom stereocenters. The molecule has 0 bridgehead atoms. The Balaban J connectivity index is 1.27. The van der Waals surface area contributed by atoms with Gasteiger partial charge in [0.1, 0.15) is 11.5 Å². The molecule has 1 unspecified atom stereocenters. The third kappa shape index (κ3) is 5.12. The molecule has 0 spiro atoms. The van der Waals surface area contributed by atoms with E-state index >= 15 is 0 Å². The summed E-state index contributed by atoms with van der Waals surface area (Å²) in [4.78, 5) is 57.2. The molecule has 0 radical (unpaired) electrons. The van der Waals surface area contributed by atoms with E-state index in [0.717, 1.165) is 6.07 Å². The number of amides is 4. The summed E-state index contributed by atoms with van der Waals surface area (Å²) in [6, 6.07) is 10.5. The number of fused-ring (bicyclic) bond motifs is 1. The molecular formula is C26H25ClFN5O6. The minimum absolute atomic E-state index is 0.0874. The van der Waals surface area contributed by atoms with E-state index in [-0.39, 0.29) is 56.6 Å². The summed E-state index contributed by atoms with van der Waals surface area (Å²) in [5.41, 5.74) is -0.483. The van der Waals surface area contributed by atoms with Crippen LogP contribution in [0.25, 0.3) is 10.9 Å². The summed E-state index contributed by atoms with van der Waals surface area (Å²) in [6.45, 7) is 0.985. The zero-order valence-corrected chi connectivity index (χ0v) is 21.4. The van der Waals surface area contributed by atoms with Gasteiger partial charge in [0.05, 0.1) is 0 Å². The largest absolute Gasteiger partial charge is 0.465 e. The summed E-state index contributed by atoms with van der Waals surface area (Å²) in [7, 11) is 0. The van der Waals surface area contributed by atoms with E-state index in [2.05, 4.69) is 10.3 Å². The number of aromatic amines is 1. The number of benzene rings is 2. The van der Waals surface area contributed by atoms with Crippen molar-refractivity contribution in [2.45, 2.75) is 18.6 Å². The zero-order valence-electron chi connectivity index (χ0n) is 20.6. The monoisotopic (exact) mass is 557 g/mol. The fraction of sp³-hybridized carbons (Fsp3) is 0.308. The van der Waals surface area contributed by atoms with E-state index in [9.17, 15) is 28.7 Å². The molecule has 3 heterocycles. The highest BCUT2D eigenvalue weighted by Gasteiger charge is 2.51. The standard InChI is InChI=1S/C26H25ClFN5O6/c27-17-9-15(10-18(28)13-17)14-29-23(35)26(39)3-4-33(24(26)36)19-1-2-20-16(11-19)12-21(30-20)22(34)31-5-7-32(8-6-31)25(37)38/h1-2,9-13,30,39H,3-8,14H2,(H,29,35)(H,37,38). The first-order valence-electron chi connectivity index (χ1n) is 12.2. The smallest absolute Gasteiger partial charge is 0.407 e. The molecule has 2 fully saturated rings. The molecule has 4 N–H and O–H groups in total. The maximum Gasteiger partial charge on any atom is 0.407 e. The molecule has 2 saturated heterocycles. The normalized spacial score (nSPS) is 19.6. The molecule has 13 heteroatoms. The molecule has 4 amide bonds. The molecule has 204 valence electrons. The number of carbonyl (C=O) groups is 4. The van der Waals surface area contributed by atoms with Crippen molar-refractivity contribution in [3.05, 3.63) is 64.6 Å². The molecule has 2 aliphatic rings. The number of rotatable bonds is 5. The topological polar surface area (TPSA) is 146 Å². The number of aromatic nitrogens is 1. The van der Waals surface area contributed by atoms with Crippen LogP contribution in [0.1, 0.15) is 22.5 Å². The Morgan fingerprint density at radius 3 is 2.44 bits per heavy atom. The van der Waals surface area contributed by atoms with Crippen molar-refractivity contribution in [2.24, 2.45) is 0 Å². The van der Waals surface area contributed by atoms with Gasteiger partial charge in [0.25, 0.3) is 17.7 Å². The van der Waals surface area contributed by atoms with Gasteiger partial charge in [-0.05, 0) is 48.0 Å². The average Bonchev–Trinajstić information content (AvgIpc) is 3.47. The van der Waals surface area contributed by atoms with E-state index in [0.29, 0.717) is 27.8 Å². The number of anilines is 1. The number of halogens is 2. The third-order valence-corrected chi connectivity index (χ3v) is 7.25. The predicted octanol–water partition coefficient (Wildman–Crippen LogP) is 2.18. The minimum atomic E-state index is -2.29. The maximum atomic E-state index is 13.6. The van der Waals surface area contributed by atoms with Gasteiger partial charge in [0.15, 0.2) is 0 Å². The Labute approximate surface area is 226 Å². The summed E-state index contributed by atoms with van der Waals surface area (Å²) in [5.74, 6) is -2.52. The van der Waals surface area contributed by atoms with Crippen LogP contribution in [-0.2, 0) is 16.1 Å². The highest BCUT2D eigenvalue weighted by Crippen LogP contribution is 2.31. The van der Waals surface area contributed by atoms with E-state index < -0.39 is 29.3 Å². The van der Waals surface area contributed by atoms with Crippen molar-refractivity contribution in [1.82, 2.24) is 20.1 Å². The van der Waals surface area contributed by atoms with Crippen molar-refractivity contribution < 1.29 is 33.8 Å². The van der Waals surface area contributed by atoms with Gasteiger partial charge < -0.3 is 35.2 Å². The number of hydrogen-bond acceptors (Lipinski definition) is 5. The molecule has 5 rings (SSSR count). The van der Waals surface area contributed by atoms with E-state index in [4.69, 9.17) is 16.7 Å². The van der Waals surface area contributed by atoms with Crippen LogP contribution in [0.5, 0.6) is 0 Å². The predicted molar refractivity (Wildman–Crippen MR) is 139 cm³/mol. The number of hydrogen-bond donors (Lipinski definition) is 4. The number of carboxylic acid groups (broad SMARTS) is 1. The van der Waals surface area contributed by atoms with Crippen molar-refractivity contribution in [3.63, 3.8) is 0 Å². The van der Waals surface area contributed by atoms with Crippen LogP contribution in [0.4, 0.5) is 14.9 Å². The number of aliphatic hydroxyl groups is 1. The summed E-state index contributed by atoms with van der Waals surface area (Å²) >= 11 is 5.84. The Hall–Kier alpha value is -4.16. The lowest BCUT2D eigenvalue weighted by atomic mass is 10.0. The number of nitrogens with one attached hydrogen (secondary N) is 2.